The zero-order valence-electron chi connectivity index (χ0n) is 12.2. The van der Waals surface area contributed by atoms with Gasteiger partial charge >= 0.3 is 0 Å². The van der Waals surface area contributed by atoms with Crippen LogP contribution in [0.3, 0.4) is 0 Å². The van der Waals surface area contributed by atoms with Crippen molar-refractivity contribution in [3.05, 3.63) is 34.9 Å². The van der Waals surface area contributed by atoms with Crippen molar-refractivity contribution in [2.75, 3.05) is 5.75 Å². The molecule has 0 bridgehead atoms. The number of nitrogens with two attached hydrogens (primary N) is 1. The van der Waals surface area contributed by atoms with E-state index in [-0.39, 0.29) is 11.7 Å². The van der Waals surface area contributed by atoms with Crippen molar-refractivity contribution >= 4 is 34.2 Å². The molecule has 0 atom stereocenters. The monoisotopic (exact) mass is 300 g/mol. The number of fused-ring (bicyclic) bond motifs is 3. The van der Waals surface area contributed by atoms with Crippen LogP contribution < -0.4 is 5.73 Å². The molecule has 2 N–H and O–H groups in total. The molecule has 5 nitrogen and oxygen atoms in total. The molecule has 0 aliphatic carbocycles. The summed E-state index contributed by atoms with van der Waals surface area (Å²) in [6, 6.07) is 6.42. The summed E-state index contributed by atoms with van der Waals surface area (Å²) in [6.45, 7) is 6.20. The van der Waals surface area contributed by atoms with Crippen LogP contribution in [0, 0.1) is 20.8 Å². The number of pyridine rings is 1. The number of hydrogen-bond donors (Lipinski definition) is 1. The fourth-order valence-corrected chi connectivity index (χ4v) is 3.09. The Morgan fingerprint density at radius 1 is 1.14 bits per heavy atom. The van der Waals surface area contributed by atoms with Crippen LogP contribution >= 0.6 is 11.8 Å². The van der Waals surface area contributed by atoms with Crippen molar-refractivity contribution in [2.24, 2.45) is 5.73 Å². The van der Waals surface area contributed by atoms with Gasteiger partial charge in [-0.2, -0.15) is 0 Å². The number of carbonyl (C=O) groups excluding carboxylic acids is 1. The molecule has 3 rings (SSSR count). The Kier molecular flexibility index (Phi) is 3.33. The Morgan fingerprint density at radius 3 is 2.52 bits per heavy atom. The van der Waals surface area contributed by atoms with E-state index in [9.17, 15) is 4.79 Å². The van der Waals surface area contributed by atoms with E-state index in [1.54, 1.807) is 0 Å². The van der Waals surface area contributed by atoms with Gasteiger partial charge in [0.25, 0.3) is 0 Å². The summed E-state index contributed by atoms with van der Waals surface area (Å²) in [5.74, 6) is -0.165. The molecule has 0 unspecified atom stereocenters. The van der Waals surface area contributed by atoms with Crippen LogP contribution in [-0.2, 0) is 4.79 Å². The molecule has 0 aliphatic heterocycles. The number of hydrogen-bond acceptors (Lipinski definition) is 4. The lowest BCUT2D eigenvalue weighted by Crippen LogP contribution is -2.13. The van der Waals surface area contributed by atoms with Crippen molar-refractivity contribution in [1.82, 2.24) is 14.6 Å². The topological polar surface area (TPSA) is 73.3 Å². The van der Waals surface area contributed by atoms with Gasteiger partial charge in [0, 0.05) is 0 Å². The smallest absolute Gasteiger partial charge is 0.227 e. The van der Waals surface area contributed by atoms with Gasteiger partial charge in [-0.25, -0.2) is 0 Å². The van der Waals surface area contributed by atoms with Crippen molar-refractivity contribution in [2.45, 2.75) is 25.9 Å². The Balaban J connectivity index is 2.31. The molecule has 1 amide bonds. The molecule has 0 saturated heterocycles. The van der Waals surface area contributed by atoms with Gasteiger partial charge in [-0.05, 0) is 61.0 Å². The van der Waals surface area contributed by atoms with E-state index in [0.29, 0.717) is 5.16 Å². The molecule has 108 valence electrons. The lowest BCUT2D eigenvalue weighted by Gasteiger charge is -2.09. The third kappa shape index (κ3) is 2.35. The first-order valence-electron chi connectivity index (χ1n) is 6.64. The fraction of sp³-hybridized carbons (Fsp3) is 0.267. The molecule has 6 heteroatoms. The second-order valence-electron chi connectivity index (χ2n) is 5.22. The molecular weight excluding hydrogens is 284 g/mol. The predicted octanol–water partition coefficient (Wildman–Crippen LogP) is 2.39. The average molecular weight is 300 g/mol. The van der Waals surface area contributed by atoms with E-state index >= 15 is 0 Å². The first-order chi connectivity index (χ1) is 9.97. The van der Waals surface area contributed by atoms with Crippen LogP contribution in [-0.4, -0.2) is 26.3 Å². The summed E-state index contributed by atoms with van der Waals surface area (Å²) in [5, 5.41) is 10.3. The normalized spacial score (nSPS) is 11.4. The van der Waals surface area contributed by atoms with E-state index in [1.807, 2.05) is 11.3 Å². The average Bonchev–Trinajstić information content (AvgIpc) is 2.84. The van der Waals surface area contributed by atoms with Crippen molar-refractivity contribution in [1.29, 1.82) is 0 Å². The highest BCUT2D eigenvalue weighted by molar-refractivity contribution is 7.99. The highest BCUT2D eigenvalue weighted by atomic mass is 32.2. The Labute approximate surface area is 126 Å². The molecule has 0 fully saturated rings. The number of nitrogens with zero attached hydrogens (tertiary/aromatic N) is 3. The predicted molar refractivity (Wildman–Crippen MR) is 84.6 cm³/mol. The van der Waals surface area contributed by atoms with Gasteiger partial charge in [0.05, 0.1) is 11.3 Å². The largest absolute Gasteiger partial charge is 0.369 e. The zero-order valence-corrected chi connectivity index (χ0v) is 13.0. The minimum Gasteiger partial charge on any atom is -0.369 e. The molecule has 0 radical (unpaired) electrons. The maximum absolute atomic E-state index is 11.0. The molecule has 0 aliphatic rings. The highest BCUT2D eigenvalue weighted by Gasteiger charge is 2.13. The quantitative estimate of drug-likeness (QED) is 0.754. The number of primary amides is 1. The Morgan fingerprint density at radius 2 is 1.81 bits per heavy atom. The molecule has 2 aromatic heterocycles. The van der Waals surface area contributed by atoms with Crippen LogP contribution in [0.1, 0.15) is 16.7 Å². The third-order valence-corrected chi connectivity index (χ3v) is 4.54. The number of thioether (sulfide) groups is 1. The molecule has 2 heterocycles. The van der Waals surface area contributed by atoms with Gasteiger partial charge in [0.15, 0.2) is 10.8 Å². The van der Waals surface area contributed by atoms with Crippen LogP contribution in [0.4, 0.5) is 0 Å². The number of aryl methyl sites for hydroxylation is 3. The van der Waals surface area contributed by atoms with E-state index < -0.39 is 0 Å². The summed E-state index contributed by atoms with van der Waals surface area (Å²) in [5.41, 5.74) is 10.6. The first kappa shape index (κ1) is 13.9. The lowest BCUT2D eigenvalue weighted by atomic mass is 10.0. The Bertz CT molecular complexity index is 869. The number of benzene rings is 1. The van der Waals surface area contributed by atoms with Gasteiger partial charge in [0.1, 0.15) is 0 Å². The summed E-state index contributed by atoms with van der Waals surface area (Å²) in [6.07, 6.45) is 0. The minimum atomic E-state index is -0.360. The van der Waals surface area contributed by atoms with E-state index in [4.69, 9.17) is 5.73 Å². The number of carbonyl (C=O) groups is 1. The van der Waals surface area contributed by atoms with Gasteiger partial charge in [-0.3, -0.25) is 9.20 Å². The maximum Gasteiger partial charge on any atom is 0.227 e. The van der Waals surface area contributed by atoms with E-state index in [1.165, 1.54) is 22.9 Å². The molecular formula is C15H16N4OS. The minimum absolute atomic E-state index is 0.196. The van der Waals surface area contributed by atoms with Gasteiger partial charge in [0.2, 0.25) is 5.91 Å². The summed E-state index contributed by atoms with van der Waals surface area (Å²) < 4.78 is 2.00. The number of aromatic nitrogens is 3. The maximum atomic E-state index is 11.0. The first-order valence-corrected chi connectivity index (χ1v) is 7.62. The molecule has 3 aromatic rings. The summed E-state index contributed by atoms with van der Waals surface area (Å²) >= 11 is 1.31. The lowest BCUT2D eigenvalue weighted by molar-refractivity contribution is -0.115. The van der Waals surface area contributed by atoms with Crippen molar-refractivity contribution in [3.8, 4) is 0 Å². The fourth-order valence-electron chi connectivity index (χ4n) is 2.40. The van der Waals surface area contributed by atoms with Crippen LogP contribution in [0.25, 0.3) is 16.6 Å². The van der Waals surface area contributed by atoms with Gasteiger partial charge < -0.3 is 5.73 Å². The Hall–Kier alpha value is -2.08. The van der Waals surface area contributed by atoms with Crippen LogP contribution in [0.15, 0.2) is 23.4 Å². The summed E-state index contributed by atoms with van der Waals surface area (Å²) in [7, 11) is 0. The second kappa shape index (κ2) is 5.04. The second-order valence-corrected chi connectivity index (χ2v) is 6.16. The zero-order chi connectivity index (χ0) is 15.1. The summed E-state index contributed by atoms with van der Waals surface area (Å²) in [4.78, 5) is 11.0. The molecule has 0 saturated carbocycles. The number of amides is 1. The third-order valence-electron chi connectivity index (χ3n) is 3.59. The molecule has 21 heavy (non-hydrogen) atoms. The van der Waals surface area contributed by atoms with Gasteiger partial charge in [-0.1, -0.05) is 11.8 Å². The van der Waals surface area contributed by atoms with Crippen molar-refractivity contribution in [3.63, 3.8) is 0 Å². The SMILES string of the molecule is Cc1cc2cc(C)c3nnc(SCC(N)=O)n3c2cc1C. The van der Waals surface area contributed by atoms with Gasteiger partial charge in [-0.15, -0.1) is 10.2 Å². The number of rotatable bonds is 3. The molecule has 0 spiro atoms. The van der Waals surface area contributed by atoms with Crippen LogP contribution in [0.5, 0.6) is 0 Å². The van der Waals surface area contributed by atoms with Crippen molar-refractivity contribution < 1.29 is 4.79 Å². The standard InChI is InChI=1S/C15H16N4OS/c1-8-4-11-5-10(3)14-17-18-15(21-7-13(16)20)19(14)12(11)6-9(8)2/h4-6H,7H2,1-3H3,(H2,16,20). The van der Waals surface area contributed by atoms with E-state index in [2.05, 4.69) is 42.2 Å². The highest BCUT2D eigenvalue weighted by Crippen LogP contribution is 2.27. The van der Waals surface area contributed by atoms with Crippen LogP contribution in [0.2, 0.25) is 0 Å². The van der Waals surface area contributed by atoms with E-state index in [0.717, 1.165) is 22.1 Å². The molecule has 1 aromatic carbocycles.